The monoisotopic (exact) mass is 317 g/mol. The fourth-order valence-corrected chi connectivity index (χ4v) is 2.08. The third-order valence-corrected chi connectivity index (χ3v) is 3.57. The average Bonchev–Trinajstić information content (AvgIpc) is 2.52. The number of amides is 1. The van der Waals surface area contributed by atoms with E-state index >= 15 is 0 Å². The second-order valence-electron chi connectivity index (χ2n) is 5.42. The fraction of sp³-hybridized carbons (Fsp3) is 0.278. The molecule has 0 unspecified atom stereocenters. The Morgan fingerprint density at radius 3 is 2.32 bits per heavy atom. The molecule has 22 heavy (non-hydrogen) atoms. The van der Waals surface area contributed by atoms with E-state index in [1.54, 1.807) is 12.1 Å². The summed E-state index contributed by atoms with van der Waals surface area (Å²) in [5.41, 5.74) is 2.25. The smallest absolute Gasteiger partial charge is 0.258 e. The molecule has 0 heterocycles. The number of carbonyl (C=O) groups excluding carboxylic acids is 1. The van der Waals surface area contributed by atoms with E-state index < -0.39 is 0 Å². The zero-order chi connectivity index (χ0) is 15.9. The molecule has 116 valence electrons. The van der Waals surface area contributed by atoms with Crippen LogP contribution in [0.4, 0.5) is 0 Å². The number of halogens is 1. The molecule has 0 atom stereocenters. The van der Waals surface area contributed by atoms with E-state index in [9.17, 15) is 4.79 Å². The van der Waals surface area contributed by atoms with Gasteiger partial charge in [0.1, 0.15) is 5.75 Å². The molecule has 4 heteroatoms. The zero-order valence-corrected chi connectivity index (χ0v) is 13.6. The minimum atomic E-state index is -0.150. The lowest BCUT2D eigenvalue weighted by molar-refractivity contribution is -0.123. The molecule has 0 radical (unpaired) electrons. The largest absolute Gasteiger partial charge is 0.484 e. The van der Waals surface area contributed by atoms with Crippen molar-refractivity contribution in [1.29, 1.82) is 0 Å². The van der Waals surface area contributed by atoms with Crippen molar-refractivity contribution in [2.45, 2.75) is 26.3 Å². The van der Waals surface area contributed by atoms with Crippen molar-refractivity contribution in [1.82, 2.24) is 5.32 Å². The van der Waals surface area contributed by atoms with Crippen molar-refractivity contribution in [3.05, 3.63) is 64.7 Å². The van der Waals surface area contributed by atoms with Crippen molar-refractivity contribution in [2.24, 2.45) is 0 Å². The van der Waals surface area contributed by atoms with Crippen LogP contribution in [-0.2, 0) is 11.3 Å². The van der Waals surface area contributed by atoms with Crippen LogP contribution in [0.2, 0.25) is 5.02 Å². The van der Waals surface area contributed by atoms with Gasteiger partial charge in [0.15, 0.2) is 6.61 Å². The Kier molecular flexibility index (Phi) is 5.84. The van der Waals surface area contributed by atoms with Crippen LogP contribution in [0.5, 0.6) is 5.75 Å². The lowest BCUT2D eigenvalue weighted by Gasteiger charge is -2.09. The molecule has 1 N–H and O–H groups in total. The summed E-state index contributed by atoms with van der Waals surface area (Å²) in [6.07, 6.45) is 0. The van der Waals surface area contributed by atoms with Crippen LogP contribution in [0.3, 0.4) is 0 Å². The maximum atomic E-state index is 11.8. The standard InChI is InChI=1S/C18H20ClNO2/c1-13(2)15-5-9-17(10-6-15)22-12-18(21)20-11-14-3-7-16(19)8-4-14/h3-10,13H,11-12H2,1-2H3,(H,20,21). The summed E-state index contributed by atoms with van der Waals surface area (Å²) in [6, 6.07) is 15.2. The number of rotatable bonds is 6. The van der Waals surface area contributed by atoms with Crippen molar-refractivity contribution < 1.29 is 9.53 Å². The highest BCUT2D eigenvalue weighted by Gasteiger charge is 2.04. The minimum Gasteiger partial charge on any atom is -0.484 e. The molecule has 0 saturated carbocycles. The van der Waals surface area contributed by atoms with Gasteiger partial charge in [0.2, 0.25) is 0 Å². The lowest BCUT2D eigenvalue weighted by atomic mass is 10.0. The van der Waals surface area contributed by atoms with Crippen LogP contribution < -0.4 is 10.1 Å². The van der Waals surface area contributed by atoms with E-state index in [1.165, 1.54) is 5.56 Å². The summed E-state index contributed by atoms with van der Waals surface area (Å²) in [4.78, 5) is 11.8. The predicted octanol–water partition coefficient (Wildman–Crippen LogP) is 4.16. The van der Waals surface area contributed by atoms with E-state index in [1.807, 2.05) is 36.4 Å². The molecule has 3 nitrogen and oxygen atoms in total. The Balaban J connectivity index is 1.76. The normalized spacial score (nSPS) is 10.5. The summed E-state index contributed by atoms with van der Waals surface area (Å²) < 4.78 is 5.48. The van der Waals surface area contributed by atoms with Gasteiger partial charge >= 0.3 is 0 Å². The van der Waals surface area contributed by atoms with Crippen LogP contribution in [0.1, 0.15) is 30.9 Å². The van der Waals surface area contributed by atoms with E-state index in [-0.39, 0.29) is 12.5 Å². The molecule has 0 aliphatic carbocycles. The summed E-state index contributed by atoms with van der Waals surface area (Å²) in [6.45, 7) is 4.75. The van der Waals surface area contributed by atoms with Gasteiger partial charge in [-0.25, -0.2) is 0 Å². The number of hydrogen-bond donors (Lipinski definition) is 1. The molecule has 0 aliphatic rings. The third-order valence-electron chi connectivity index (χ3n) is 3.32. The average molecular weight is 318 g/mol. The first-order valence-corrected chi connectivity index (χ1v) is 7.66. The highest BCUT2D eigenvalue weighted by molar-refractivity contribution is 6.30. The van der Waals surface area contributed by atoms with E-state index in [0.29, 0.717) is 23.2 Å². The topological polar surface area (TPSA) is 38.3 Å². The Morgan fingerprint density at radius 2 is 1.73 bits per heavy atom. The fourth-order valence-electron chi connectivity index (χ4n) is 1.95. The molecule has 0 aliphatic heterocycles. The van der Waals surface area contributed by atoms with Crippen molar-refractivity contribution in [3.63, 3.8) is 0 Å². The number of nitrogens with one attached hydrogen (secondary N) is 1. The first-order valence-electron chi connectivity index (χ1n) is 7.28. The van der Waals surface area contributed by atoms with Gasteiger partial charge in [0, 0.05) is 11.6 Å². The highest BCUT2D eigenvalue weighted by Crippen LogP contribution is 2.18. The van der Waals surface area contributed by atoms with Gasteiger partial charge in [-0.15, -0.1) is 0 Å². The van der Waals surface area contributed by atoms with E-state index in [2.05, 4.69) is 19.2 Å². The molecule has 2 rings (SSSR count). The van der Waals surface area contributed by atoms with Crippen molar-refractivity contribution in [2.75, 3.05) is 6.61 Å². The number of ether oxygens (including phenoxy) is 1. The van der Waals surface area contributed by atoms with Gasteiger partial charge in [0.05, 0.1) is 0 Å². The van der Waals surface area contributed by atoms with Gasteiger partial charge in [0.25, 0.3) is 5.91 Å². The Morgan fingerprint density at radius 1 is 1.09 bits per heavy atom. The molecule has 0 spiro atoms. The molecular formula is C18H20ClNO2. The maximum Gasteiger partial charge on any atom is 0.258 e. The van der Waals surface area contributed by atoms with Gasteiger partial charge in [-0.3, -0.25) is 4.79 Å². The quantitative estimate of drug-likeness (QED) is 0.868. The van der Waals surface area contributed by atoms with Crippen LogP contribution in [0.25, 0.3) is 0 Å². The molecule has 2 aromatic rings. The van der Waals surface area contributed by atoms with Crippen molar-refractivity contribution >= 4 is 17.5 Å². The SMILES string of the molecule is CC(C)c1ccc(OCC(=O)NCc2ccc(Cl)cc2)cc1. The maximum absolute atomic E-state index is 11.8. The molecule has 0 saturated heterocycles. The Labute approximate surface area is 136 Å². The Hall–Kier alpha value is -2.00. The summed E-state index contributed by atoms with van der Waals surface area (Å²) in [5.74, 6) is 1.03. The second-order valence-corrected chi connectivity index (χ2v) is 5.85. The third kappa shape index (κ3) is 5.08. The molecule has 0 aromatic heterocycles. The summed E-state index contributed by atoms with van der Waals surface area (Å²) in [7, 11) is 0. The van der Waals surface area contributed by atoms with Crippen LogP contribution in [0, 0.1) is 0 Å². The number of hydrogen-bond acceptors (Lipinski definition) is 2. The van der Waals surface area contributed by atoms with Crippen molar-refractivity contribution in [3.8, 4) is 5.75 Å². The van der Waals surface area contributed by atoms with Gasteiger partial charge in [-0.2, -0.15) is 0 Å². The van der Waals surface area contributed by atoms with Gasteiger partial charge in [-0.1, -0.05) is 49.7 Å². The Bertz CT molecular complexity index is 606. The van der Waals surface area contributed by atoms with Crippen LogP contribution in [-0.4, -0.2) is 12.5 Å². The summed E-state index contributed by atoms with van der Waals surface area (Å²) >= 11 is 5.82. The van der Waals surface area contributed by atoms with Gasteiger partial charge in [-0.05, 0) is 41.3 Å². The zero-order valence-electron chi connectivity index (χ0n) is 12.8. The molecule has 2 aromatic carbocycles. The summed E-state index contributed by atoms with van der Waals surface area (Å²) in [5, 5.41) is 3.49. The lowest BCUT2D eigenvalue weighted by Crippen LogP contribution is -2.28. The highest BCUT2D eigenvalue weighted by atomic mass is 35.5. The molecular weight excluding hydrogens is 298 g/mol. The number of benzene rings is 2. The molecule has 0 bridgehead atoms. The molecule has 0 fully saturated rings. The predicted molar refractivity (Wildman–Crippen MR) is 89.3 cm³/mol. The van der Waals surface area contributed by atoms with Crippen LogP contribution >= 0.6 is 11.6 Å². The minimum absolute atomic E-state index is 0.00855. The molecule has 1 amide bonds. The first kappa shape index (κ1) is 16.4. The van der Waals surface area contributed by atoms with E-state index in [4.69, 9.17) is 16.3 Å². The first-order chi connectivity index (χ1) is 10.5. The van der Waals surface area contributed by atoms with Crippen LogP contribution in [0.15, 0.2) is 48.5 Å². The van der Waals surface area contributed by atoms with Gasteiger partial charge < -0.3 is 10.1 Å². The second kappa shape index (κ2) is 7.85. The van der Waals surface area contributed by atoms with E-state index in [0.717, 1.165) is 5.56 Å². The number of carbonyl (C=O) groups is 1.